The summed E-state index contributed by atoms with van der Waals surface area (Å²) in [5.74, 6) is -0.502. The number of sulfonamides is 1. The molecule has 1 aliphatic rings. The van der Waals surface area contributed by atoms with E-state index in [2.05, 4.69) is 22.4 Å². The molecule has 0 aliphatic heterocycles. The van der Waals surface area contributed by atoms with Crippen molar-refractivity contribution in [1.82, 2.24) is 15.5 Å². The normalized spacial score (nSPS) is 17.6. The number of aromatic nitrogens is 2. The maximum absolute atomic E-state index is 12.1. The number of aryl methyl sites for hydroxylation is 1. The minimum Gasteiger partial charge on any atom is -0.350 e. The average Bonchev–Trinajstić information content (AvgIpc) is 2.70. The lowest BCUT2D eigenvalue weighted by Gasteiger charge is -2.41. The van der Waals surface area contributed by atoms with Gasteiger partial charge >= 0.3 is 0 Å². The van der Waals surface area contributed by atoms with Gasteiger partial charge in [0, 0.05) is 6.54 Å². The Bertz CT molecular complexity index is 611. The van der Waals surface area contributed by atoms with Gasteiger partial charge in [-0.25, -0.2) is 13.6 Å². The van der Waals surface area contributed by atoms with Crippen LogP contribution in [0.25, 0.3) is 0 Å². The van der Waals surface area contributed by atoms with Crippen molar-refractivity contribution in [2.75, 3.05) is 6.54 Å². The molecule has 0 radical (unpaired) electrons. The van der Waals surface area contributed by atoms with Crippen molar-refractivity contribution in [1.29, 1.82) is 0 Å². The van der Waals surface area contributed by atoms with E-state index in [9.17, 15) is 13.2 Å². The molecule has 0 unspecified atom stereocenters. The van der Waals surface area contributed by atoms with Crippen LogP contribution in [-0.4, -0.2) is 31.1 Å². The van der Waals surface area contributed by atoms with Crippen molar-refractivity contribution in [2.24, 2.45) is 10.6 Å². The summed E-state index contributed by atoms with van der Waals surface area (Å²) in [7, 11) is -3.97. The zero-order valence-electron chi connectivity index (χ0n) is 11.7. The van der Waals surface area contributed by atoms with Gasteiger partial charge in [-0.3, -0.25) is 9.89 Å². The van der Waals surface area contributed by atoms with Crippen LogP contribution in [0.15, 0.2) is 4.90 Å². The summed E-state index contributed by atoms with van der Waals surface area (Å²) in [4.78, 5) is 11.9. The van der Waals surface area contributed by atoms with E-state index in [0.29, 0.717) is 6.54 Å². The minimum atomic E-state index is -3.97. The first kappa shape index (κ1) is 15.0. The molecule has 7 nitrogen and oxygen atoms in total. The van der Waals surface area contributed by atoms with E-state index in [1.165, 1.54) is 13.3 Å². The molecular weight excluding hydrogens is 280 g/mol. The fourth-order valence-corrected chi connectivity index (χ4v) is 3.48. The topological polar surface area (TPSA) is 118 Å². The number of hydrogen-bond acceptors (Lipinski definition) is 4. The molecule has 1 aliphatic carbocycles. The lowest BCUT2D eigenvalue weighted by atomic mass is 9.67. The third-order valence-electron chi connectivity index (χ3n) is 4.18. The number of rotatable bonds is 5. The SMILES string of the molecule is CCC1(CNC(=O)c2n[nH]c(C)c2S(N)(=O)=O)CCC1. The number of carbonyl (C=O) groups is 1. The molecule has 0 bridgehead atoms. The first-order chi connectivity index (χ1) is 9.29. The summed E-state index contributed by atoms with van der Waals surface area (Å²) >= 11 is 0. The highest BCUT2D eigenvalue weighted by Gasteiger charge is 2.36. The summed E-state index contributed by atoms with van der Waals surface area (Å²) in [5.41, 5.74) is 0.269. The van der Waals surface area contributed by atoms with Crippen LogP contribution in [-0.2, 0) is 10.0 Å². The molecule has 1 heterocycles. The summed E-state index contributed by atoms with van der Waals surface area (Å²) in [6.07, 6.45) is 4.35. The highest BCUT2D eigenvalue weighted by atomic mass is 32.2. The highest BCUT2D eigenvalue weighted by Crippen LogP contribution is 2.43. The van der Waals surface area contributed by atoms with Gasteiger partial charge < -0.3 is 5.32 Å². The number of aromatic amines is 1. The van der Waals surface area contributed by atoms with Crippen molar-refractivity contribution in [3.63, 3.8) is 0 Å². The van der Waals surface area contributed by atoms with Crippen molar-refractivity contribution in [2.45, 2.75) is 44.4 Å². The Morgan fingerprint density at radius 3 is 2.60 bits per heavy atom. The minimum absolute atomic E-state index is 0.156. The van der Waals surface area contributed by atoms with E-state index in [1.54, 1.807) is 0 Å². The number of primary sulfonamides is 1. The van der Waals surface area contributed by atoms with E-state index >= 15 is 0 Å². The summed E-state index contributed by atoms with van der Waals surface area (Å²) < 4.78 is 23.0. The number of nitrogens with zero attached hydrogens (tertiary/aromatic N) is 1. The maximum Gasteiger partial charge on any atom is 0.273 e. The molecule has 0 saturated heterocycles. The van der Waals surface area contributed by atoms with E-state index in [0.717, 1.165) is 19.3 Å². The van der Waals surface area contributed by atoms with Crippen molar-refractivity contribution in [3.05, 3.63) is 11.4 Å². The zero-order valence-corrected chi connectivity index (χ0v) is 12.5. The second-order valence-corrected chi connectivity index (χ2v) is 6.96. The molecule has 4 N–H and O–H groups in total. The van der Waals surface area contributed by atoms with Gasteiger partial charge in [-0.15, -0.1) is 0 Å². The number of H-pyrrole nitrogens is 1. The van der Waals surface area contributed by atoms with Crippen molar-refractivity contribution >= 4 is 15.9 Å². The molecule has 1 saturated carbocycles. The van der Waals surface area contributed by atoms with Gasteiger partial charge in [0.15, 0.2) is 5.69 Å². The number of nitrogens with one attached hydrogen (secondary N) is 2. The predicted molar refractivity (Wildman–Crippen MR) is 73.6 cm³/mol. The number of carbonyl (C=O) groups excluding carboxylic acids is 1. The van der Waals surface area contributed by atoms with Gasteiger partial charge in [-0.1, -0.05) is 13.3 Å². The van der Waals surface area contributed by atoms with Crippen molar-refractivity contribution < 1.29 is 13.2 Å². The average molecular weight is 300 g/mol. The molecule has 2 rings (SSSR count). The van der Waals surface area contributed by atoms with Gasteiger partial charge in [-0.2, -0.15) is 5.10 Å². The lowest BCUT2D eigenvalue weighted by Crippen LogP contribution is -2.42. The van der Waals surface area contributed by atoms with Crippen LogP contribution < -0.4 is 10.5 Å². The van der Waals surface area contributed by atoms with E-state index in [-0.39, 0.29) is 21.7 Å². The van der Waals surface area contributed by atoms with Crippen LogP contribution in [0.5, 0.6) is 0 Å². The second kappa shape index (κ2) is 5.17. The molecule has 112 valence electrons. The van der Waals surface area contributed by atoms with E-state index in [1.807, 2.05) is 0 Å². The molecule has 8 heteroatoms. The van der Waals surface area contributed by atoms with Gasteiger partial charge in [0.25, 0.3) is 5.91 Å². The fraction of sp³-hybridized carbons (Fsp3) is 0.667. The third-order valence-corrected chi connectivity index (χ3v) is 5.25. The molecule has 0 aromatic carbocycles. The second-order valence-electron chi connectivity index (χ2n) is 5.46. The molecule has 20 heavy (non-hydrogen) atoms. The Hall–Kier alpha value is -1.41. The largest absolute Gasteiger partial charge is 0.350 e. The molecule has 1 amide bonds. The quantitative estimate of drug-likeness (QED) is 0.740. The van der Waals surface area contributed by atoms with Crippen LogP contribution in [0.3, 0.4) is 0 Å². The molecule has 1 fully saturated rings. The first-order valence-corrected chi connectivity index (χ1v) is 8.20. The molecule has 0 atom stereocenters. The number of nitrogens with two attached hydrogens (primary N) is 1. The Kier molecular flexibility index (Phi) is 3.88. The maximum atomic E-state index is 12.1. The predicted octanol–water partition coefficient (Wildman–Crippen LogP) is 0.676. The standard InChI is InChI=1S/C12H20N4O3S/c1-3-12(5-4-6-12)7-14-11(17)9-10(20(13,18)19)8(2)15-16-9/h3-7H2,1-2H3,(H,14,17)(H,15,16)(H2,13,18,19). The van der Waals surface area contributed by atoms with Crippen LogP contribution >= 0.6 is 0 Å². The third kappa shape index (κ3) is 2.71. The highest BCUT2D eigenvalue weighted by molar-refractivity contribution is 7.89. The first-order valence-electron chi connectivity index (χ1n) is 6.65. The Morgan fingerprint density at radius 2 is 2.15 bits per heavy atom. The summed E-state index contributed by atoms with van der Waals surface area (Å²) in [6, 6.07) is 0. The van der Waals surface area contributed by atoms with Crippen LogP contribution in [0, 0.1) is 12.3 Å². The van der Waals surface area contributed by atoms with E-state index < -0.39 is 15.9 Å². The Labute approximate surface area is 118 Å². The van der Waals surface area contributed by atoms with E-state index in [4.69, 9.17) is 5.14 Å². The Morgan fingerprint density at radius 1 is 1.50 bits per heavy atom. The Balaban J connectivity index is 2.14. The van der Waals surface area contributed by atoms with Gasteiger partial charge in [-0.05, 0) is 31.6 Å². The van der Waals surface area contributed by atoms with Crippen molar-refractivity contribution in [3.8, 4) is 0 Å². The number of hydrogen-bond donors (Lipinski definition) is 3. The zero-order chi connectivity index (χ0) is 15.0. The molecule has 1 aromatic rings. The monoisotopic (exact) mass is 300 g/mol. The van der Waals surface area contributed by atoms with Gasteiger partial charge in [0.05, 0.1) is 5.69 Å². The molecule has 0 spiro atoms. The van der Waals surface area contributed by atoms with Gasteiger partial charge in [0.1, 0.15) is 4.90 Å². The smallest absolute Gasteiger partial charge is 0.273 e. The number of amides is 1. The van der Waals surface area contributed by atoms with Gasteiger partial charge in [0.2, 0.25) is 10.0 Å². The summed E-state index contributed by atoms with van der Waals surface area (Å²) in [6.45, 7) is 4.15. The molecular formula is C12H20N4O3S. The van der Waals surface area contributed by atoms with Crippen LogP contribution in [0.2, 0.25) is 0 Å². The lowest BCUT2D eigenvalue weighted by molar-refractivity contribution is 0.0842. The van der Waals surface area contributed by atoms with Crippen LogP contribution in [0.4, 0.5) is 0 Å². The summed E-state index contributed by atoms with van der Waals surface area (Å²) in [5, 5.41) is 14.1. The molecule has 1 aromatic heterocycles. The van der Waals surface area contributed by atoms with Crippen LogP contribution in [0.1, 0.15) is 48.8 Å². The fourth-order valence-electron chi connectivity index (χ4n) is 2.60.